The normalized spacial score (nSPS) is 27.6. The standard InChI is InChI=1S/C14H26N2O3S/c1-12-3-8-16(9-4-12)7-2-6-15-14(17)13-5-10-20(18,19)11-13/h12-13H,2-11H2,1H3,(H,15,17). The minimum atomic E-state index is -2.96. The van der Waals surface area contributed by atoms with E-state index >= 15 is 0 Å². The number of hydrogen-bond donors (Lipinski definition) is 1. The quantitative estimate of drug-likeness (QED) is 0.758. The fourth-order valence-corrected chi connectivity index (χ4v) is 4.69. The van der Waals surface area contributed by atoms with Crippen LogP contribution in [0.15, 0.2) is 0 Å². The monoisotopic (exact) mass is 302 g/mol. The summed E-state index contributed by atoms with van der Waals surface area (Å²) in [7, 11) is -2.96. The van der Waals surface area contributed by atoms with E-state index in [-0.39, 0.29) is 23.3 Å². The summed E-state index contributed by atoms with van der Waals surface area (Å²) >= 11 is 0. The van der Waals surface area contributed by atoms with Gasteiger partial charge in [0.1, 0.15) is 0 Å². The Bertz CT molecular complexity index is 428. The molecule has 2 saturated heterocycles. The minimum absolute atomic E-state index is 0.0306. The molecule has 0 aromatic heterocycles. The average Bonchev–Trinajstić information content (AvgIpc) is 2.77. The molecule has 2 aliphatic rings. The number of sulfone groups is 1. The Morgan fingerprint density at radius 2 is 1.95 bits per heavy atom. The van der Waals surface area contributed by atoms with Crippen molar-refractivity contribution in [1.29, 1.82) is 0 Å². The lowest BCUT2D eigenvalue weighted by Crippen LogP contribution is -2.36. The zero-order chi connectivity index (χ0) is 14.6. The summed E-state index contributed by atoms with van der Waals surface area (Å²) in [6.45, 7) is 6.30. The van der Waals surface area contributed by atoms with Crippen LogP contribution in [0.25, 0.3) is 0 Å². The maximum atomic E-state index is 11.8. The van der Waals surface area contributed by atoms with Crippen LogP contribution in [-0.4, -0.2) is 56.9 Å². The Morgan fingerprint density at radius 1 is 1.25 bits per heavy atom. The molecule has 1 unspecified atom stereocenters. The van der Waals surface area contributed by atoms with Crippen molar-refractivity contribution in [3.05, 3.63) is 0 Å². The number of nitrogens with zero attached hydrogens (tertiary/aromatic N) is 1. The van der Waals surface area contributed by atoms with Crippen molar-refractivity contribution in [3.8, 4) is 0 Å². The maximum Gasteiger partial charge on any atom is 0.224 e. The predicted molar refractivity (Wildman–Crippen MR) is 79.2 cm³/mol. The highest BCUT2D eigenvalue weighted by atomic mass is 32.2. The summed E-state index contributed by atoms with van der Waals surface area (Å²) in [6, 6.07) is 0. The molecule has 0 aromatic rings. The van der Waals surface area contributed by atoms with Crippen molar-refractivity contribution in [2.45, 2.75) is 32.6 Å². The molecule has 1 amide bonds. The Labute approximate surface area is 122 Å². The van der Waals surface area contributed by atoms with Crippen LogP contribution in [0.4, 0.5) is 0 Å². The highest BCUT2D eigenvalue weighted by molar-refractivity contribution is 7.91. The van der Waals surface area contributed by atoms with Gasteiger partial charge < -0.3 is 10.2 Å². The van der Waals surface area contributed by atoms with E-state index in [0.29, 0.717) is 13.0 Å². The number of hydrogen-bond acceptors (Lipinski definition) is 4. The van der Waals surface area contributed by atoms with Crippen LogP contribution in [0.1, 0.15) is 32.6 Å². The second kappa shape index (κ2) is 6.89. The van der Waals surface area contributed by atoms with Crippen LogP contribution in [0.3, 0.4) is 0 Å². The minimum Gasteiger partial charge on any atom is -0.356 e. The first kappa shape index (κ1) is 15.8. The number of likely N-dealkylation sites (tertiary alicyclic amines) is 1. The van der Waals surface area contributed by atoms with E-state index in [0.717, 1.165) is 32.0 Å². The molecule has 20 heavy (non-hydrogen) atoms. The first-order valence-electron chi connectivity index (χ1n) is 7.67. The van der Waals surface area contributed by atoms with E-state index in [1.807, 2.05) is 0 Å². The van der Waals surface area contributed by atoms with Crippen molar-refractivity contribution in [2.75, 3.05) is 37.7 Å². The van der Waals surface area contributed by atoms with Crippen molar-refractivity contribution >= 4 is 15.7 Å². The van der Waals surface area contributed by atoms with Gasteiger partial charge in [-0.05, 0) is 51.2 Å². The molecule has 1 atom stereocenters. The first-order valence-corrected chi connectivity index (χ1v) is 9.49. The third-order valence-electron chi connectivity index (χ3n) is 4.43. The molecule has 1 N–H and O–H groups in total. The molecule has 0 saturated carbocycles. The topological polar surface area (TPSA) is 66.5 Å². The third-order valence-corrected chi connectivity index (χ3v) is 6.20. The van der Waals surface area contributed by atoms with Gasteiger partial charge in [-0.3, -0.25) is 4.79 Å². The van der Waals surface area contributed by atoms with Crippen molar-refractivity contribution in [2.24, 2.45) is 11.8 Å². The van der Waals surface area contributed by atoms with Crippen LogP contribution < -0.4 is 5.32 Å². The zero-order valence-electron chi connectivity index (χ0n) is 12.3. The van der Waals surface area contributed by atoms with Gasteiger partial charge in [-0.15, -0.1) is 0 Å². The van der Waals surface area contributed by atoms with Crippen molar-refractivity contribution in [3.63, 3.8) is 0 Å². The summed E-state index contributed by atoms with van der Waals surface area (Å²) < 4.78 is 22.6. The Morgan fingerprint density at radius 3 is 2.55 bits per heavy atom. The van der Waals surface area contributed by atoms with Crippen LogP contribution in [0.2, 0.25) is 0 Å². The number of carbonyl (C=O) groups is 1. The molecule has 2 aliphatic heterocycles. The van der Waals surface area contributed by atoms with Gasteiger partial charge in [-0.25, -0.2) is 8.42 Å². The van der Waals surface area contributed by atoms with Crippen LogP contribution in [0.5, 0.6) is 0 Å². The molecule has 0 radical (unpaired) electrons. The van der Waals surface area contributed by atoms with Gasteiger partial charge in [-0.2, -0.15) is 0 Å². The van der Waals surface area contributed by atoms with Gasteiger partial charge in [0.25, 0.3) is 0 Å². The van der Waals surface area contributed by atoms with Gasteiger partial charge in [0.2, 0.25) is 5.91 Å². The molecule has 2 rings (SSSR count). The van der Waals surface area contributed by atoms with Crippen LogP contribution >= 0.6 is 0 Å². The Hall–Kier alpha value is -0.620. The predicted octanol–water partition coefficient (Wildman–Crippen LogP) is 0.659. The maximum absolute atomic E-state index is 11.8. The first-order chi connectivity index (χ1) is 9.46. The SMILES string of the molecule is CC1CCN(CCCNC(=O)C2CCS(=O)(=O)C2)CC1. The summed E-state index contributed by atoms with van der Waals surface area (Å²) in [4.78, 5) is 14.3. The van der Waals surface area contributed by atoms with E-state index < -0.39 is 9.84 Å². The molecule has 2 heterocycles. The van der Waals surface area contributed by atoms with Crippen LogP contribution in [-0.2, 0) is 14.6 Å². The lowest BCUT2D eigenvalue weighted by molar-refractivity contribution is -0.124. The number of piperidine rings is 1. The Kier molecular flexibility index (Phi) is 5.43. The largest absolute Gasteiger partial charge is 0.356 e. The van der Waals surface area contributed by atoms with E-state index in [2.05, 4.69) is 17.1 Å². The van der Waals surface area contributed by atoms with Gasteiger partial charge in [-0.1, -0.05) is 6.92 Å². The zero-order valence-corrected chi connectivity index (χ0v) is 13.1. The third kappa shape index (κ3) is 4.74. The molecule has 0 spiro atoms. The highest BCUT2D eigenvalue weighted by Crippen LogP contribution is 2.18. The second-order valence-electron chi connectivity index (χ2n) is 6.27. The van der Waals surface area contributed by atoms with Gasteiger partial charge in [0.05, 0.1) is 17.4 Å². The summed E-state index contributed by atoms with van der Waals surface area (Å²) in [5.41, 5.74) is 0. The number of carbonyl (C=O) groups excluding carboxylic acids is 1. The lowest BCUT2D eigenvalue weighted by Gasteiger charge is -2.30. The molecule has 2 fully saturated rings. The van der Waals surface area contributed by atoms with E-state index in [1.54, 1.807) is 0 Å². The number of amides is 1. The number of rotatable bonds is 5. The van der Waals surface area contributed by atoms with Gasteiger partial charge in [0, 0.05) is 6.54 Å². The van der Waals surface area contributed by atoms with E-state index in [1.165, 1.54) is 12.8 Å². The van der Waals surface area contributed by atoms with E-state index in [4.69, 9.17) is 0 Å². The molecular weight excluding hydrogens is 276 g/mol. The molecule has 0 aromatic carbocycles. The fraction of sp³-hybridized carbons (Fsp3) is 0.929. The van der Waals surface area contributed by atoms with Gasteiger partial charge in [0.15, 0.2) is 9.84 Å². The van der Waals surface area contributed by atoms with Gasteiger partial charge >= 0.3 is 0 Å². The summed E-state index contributed by atoms with van der Waals surface area (Å²) in [5.74, 6) is 0.629. The van der Waals surface area contributed by atoms with Crippen molar-refractivity contribution < 1.29 is 13.2 Å². The molecule has 0 bridgehead atoms. The molecular formula is C14H26N2O3S. The molecule has 6 heteroatoms. The number of nitrogens with one attached hydrogen (secondary N) is 1. The van der Waals surface area contributed by atoms with Crippen LogP contribution in [0, 0.1) is 11.8 Å². The molecule has 5 nitrogen and oxygen atoms in total. The fourth-order valence-electron chi connectivity index (χ4n) is 2.95. The molecule has 116 valence electrons. The molecule has 0 aliphatic carbocycles. The highest BCUT2D eigenvalue weighted by Gasteiger charge is 2.32. The second-order valence-corrected chi connectivity index (χ2v) is 8.50. The Balaban J connectivity index is 1.58. The summed E-state index contributed by atoms with van der Waals surface area (Å²) in [5, 5.41) is 2.88. The summed E-state index contributed by atoms with van der Waals surface area (Å²) in [6.07, 6.45) is 3.97. The average molecular weight is 302 g/mol. The lowest BCUT2D eigenvalue weighted by atomic mass is 9.99. The van der Waals surface area contributed by atoms with E-state index in [9.17, 15) is 13.2 Å². The van der Waals surface area contributed by atoms with Crippen molar-refractivity contribution in [1.82, 2.24) is 10.2 Å². The smallest absolute Gasteiger partial charge is 0.224 e.